The maximum Gasteiger partial charge on any atom is 0.338 e. The van der Waals surface area contributed by atoms with Gasteiger partial charge in [-0.2, -0.15) is 0 Å². The molecule has 0 aliphatic heterocycles. The van der Waals surface area contributed by atoms with Gasteiger partial charge in [0.1, 0.15) is 5.00 Å². The molecule has 3 N–H and O–H groups in total. The van der Waals surface area contributed by atoms with Crippen LogP contribution in [0, 0.1) is 0 Å². The minimum absolute atomic E-state index is 0.0602. The molecule has 0 aliphatic carbocycles. The zero-order chi connectivity index (χ0) is 14.7. The molecule has 0 spiro atoms. The van der Waals surface area contributed by atoms with Crippen LogP contribution in [0.1, 0.15) is 32.5 Å². The molecule has 20 heavy (non-hydrogen) atoms. The van der Waals surface area contributed by atoms with E-state index in [1.54, 1.807) is 6.07 Å². The number of amides is 1. The Hall–Kier alpha value is -2.41. The topological polar surface area (TPSA) is 99.3 Å². The number of aryl methyl sites for hydroxylation is 1. The van der Waals surface area contributed by atoms with Crippen LogP contribution in [-0.4, -0.2) is 22.0 Å². The lowest BCUT2D eigenvalue weighted by atomic mass is 10.2. The average Bonchev–Trinajstić information content (AvgIpc) is 2.82. The quantitative estimate of drug-likeness (QED) is 0.802. The van der Waals surface area contributed by atoms with Crippen LogP contribution in [0.25, 0.3) is 0 Å². The smallest absolute Gasteiger partial charge is 0.338 e. The number of aromatic carboxylic acids is 1. The minimum Gasteiger partial charge on any atom is -0.478 e. The van der Waals surface area contributed by atoms with Gasteiger partial charge in [-0.15, -0.1) is 11.3 Å². The normalized spacial score (nSPS) is 10.2. The molecule has 2 aromatic rings. The van der Waals surface area contributed by atoms with Gasteiger partial charge in [0, 0.05) is 22.7 Å². The van der Waals surface area contributed by atoms with E-state index in [2.05, 4.69) is 10.3 Å². The summed E-state index contributed by atoms with van der Waals surface area (Å²) in [6.07, 6.45) is 2.05. The first-order chi connectivity index (χ1) is 9.51. The number of carbonyl (C=O) groups is 2. The molecular formula is C13H12N2O4S. The summed E-state index contributed by atoms with van der Waals surface area (Å²) >= 11 is 1.22. The van der Waals surface area contributed by atoms with Gasteiger partial charge in [0.05, 0.1) is 5.56 Å². The molecule has 6 nitrogen and oxygen atoms in total. The molecule has 104 valence electrons. The fourth-order valence-electron chi connectivity index (χ4n) is 1.63. The van der Waals surface area contributed by atoms with E-state index >= 15 is 0 Å². The summed E-state index contributed by atoms with van der Waals surface area (Å²) in [4.78, 5) is 37.5. The first-order valence-electron chi connectivity index (χ1n) is 5.87. The van der Waals surface area contributed by atoms with E-state index in [0.29, 0.717) is 6.42 Å². The molecule has 0 aromatic carbocycles. The third-order valence-corrected chi connectivity index (χ3v) is 3.82. The molecule has 0 radical (unpaired) electrons. The van der Waals surface area contributed by atoms with Crippen LogP contribution in [0.5, 0.6) is 0 Å². The number of aromatic nitrogens is 1. The lowest BCUT2D eigenvalue weighted by molar-refractivity contribution is 0.0698. The van der Waals surface area contributed by atoms with Crippen molar-refractivity contribution < 1.29 is 14.7 Å². The molecule has 0 aliphatic rings. The number of carboxylic acids is 1. The lowest BCUT2D eigenvalue weighted by Gasteiger charge is -2.03. The second-order valence-corrected chi connectivity index (χ2v) is 5.15. The fraction of sp³-hybridized carbons (Fsp3) is 0.154. The number of aromatic amines is 1. The summed E-state index contributed by atoms with van der Waals surface area (Å²) in [5, 5.41) is 11.9. The van der Waals surface area contributed by atoms with Crippen molar-refractivity contribution in [3.8, 4) is 0 Å². The molecule has 0 atom stereocenters. The number of thiophene rings is 1. The summed E-state index contributed by atoms with van der Waals surface area (Å²) in [7, 11) is 0. The Balaban J connectivity index is 2.30. The van der Waals surface area contributed by atoms with E-state index in [-0.39, 0.29) is 16.1 Å². The number of carbonyl (C=O) groups excluding carboxylic acids is 1. The van der Waals surface area contributed by atoms with Crippen molar-refractivity contribution >= 4 is 28.2 Å². The third kappa shape index (κ3) is 2.94. The Morgan fingerprint density at radius 2 is 2.15 bits per heavy atom. The third-order valence-electron chi connectivity index (χ3n) is 2.63. The highest BCUT2D eigenvalue weighted by Gasteiger charge is 2.17. The molecule has 7 heteroatoms. The van der Waals surface area contributed by atoms with Crippen LogP contribution in [-0.2, 0) is 6.42 Å². The number of nitrogens with one attached hydrogen (secondary N) is 2. The molecular weight excluding hydrogens is 280 g/mol. The van der Waals surface area contributed by atoms with E-state index in [1.165, 1.54) is 23.6 Å². The fourth-order valence-corrected chi connectivity index (χ4v) is 2.61. The molecule has 0 bridgehead atoms. The standard InChI is InChI=1S/C13H12N2O4S/c1-2-8-6-9(13(18)19)12(20-8)15-11(17)7-3-4-14-10(16)5-7/h3-6H,2H2,1H3,(H,14,16)(H,15,17)(H,18,19). The number of rotatable bonds is 4. The first kappa shape index (κ1) is 14.0. The molecule has 0 unspecified atom stereocenters. The van der Waals surface area contributed by atoms with Crippen molar-refractivity contribution in [2.75, 3.05) is 5.32 Å². The number of anilines is 1. The highest BCUT2D eigenvalue weighted by Crippen LogP contribution is 2.28. The predicted molar refractivity (Wildman–Crippen MR) is 75.7 cm³/mol. The van der Waals surface area contributed by atoms with E-state index < -0.39 is 17.4 Å². The zero-order valence-corrected chi connectivity index (χ0v) is 11.4. The van der Waals surface area contributed by atoms with Gasteiger partial charge in [-0.1, -0.05) is 6.92 Å². The Morgan fingerprint density at radius 1 is 1.40 bits per heavy atom. The van der Waals surface area contributed by atoms with Gasteiger partial charge in [0.25, 0.3) is 5.91 Å². The Kier molecular flexibility index (Phi) is 3.99. The van der Waals surface area contributed by atoms with E-state index in [0.717, 1.165) is 10.9 Å². The maximum absolute atomic E-state index is 12.0. The Labute approximate surface area is 118 Å². The second kappa shape index (κ2) is 5.70. The summed E-state index contributed by atoms with van der Waals surface area (Å²) < 4.78 is 0. The van der Waals surface area contributed by atoms with Gasteiger partial charge in [0.15, 0.2) is 0 Å². The van der Waals surface area contributed by atoms with E-state index in [9.17, 15) is 14.4 Å². The molecule has 2 rings (SSSR count). The summed E-state index contributed by atoms with van der Waals surface area (Å²) in [5.41, 5.74) is -0.155. The molecule has 0 fully saturated rings. The Bertz CT molecular complexity index is 717. The number of hydrogen-bond acceptors (Lipinski definition) is 4. The van der Waals surface area contributed by atoms with Crippen molar-refractivity contribution in [1.29, 1.82) is 0 Å². The highest BCUT2D eigenvalue weighted by molar-refractivity contribution is 7.16. The number of hydrogen-bond donors (Lipinski definition) is 3. The number of carboxylic acid groups (broad SMARTS) is 1. The van der Waals surface area contributed by atoms with E-state index in [1.807, 2.05) is 6.92 Å². The van der Waals surface area contributed by atoms with Crippen LogP contribution in [0.4, 0.5) is 5.00 Å². The van der Waals surface area contributed by atoms with Crippen molar-refractivity contribution in [3.63, 3.8) is 0 Å². The summed E-state index contributed by atoms with van der Waals surface area (Å²) in [6.45, 7) is 1.90. The number of pyridine rings is 1. The molecule has 0 saturated carbocycles. The summed E-state index contributed by atoms with van der Waals surface area (Å²) in [6, 6.07) is 4.15. The van der Waals surface area contributed by atoms with Crippen LogP contribution >= 0.6 is 11.3 Å². The lowest BCUT2D eigenvalue weighted by Crippen LogP contribution is -2.16. The van der Waals surface area contributed by atoms with Gasteiger partial charge in [-0.25, -0.2) is 4.79 Å². The predicted octanol–water partition coefficient (Wildman–Crippen LogP) is 1.95. The second-order valence-electron chi connectivity index (χ2n) is 4.01. The van der Waals surface area contributed by atoms with Crippen LogP contribution in [0.15, 0.2) is 29.2 Å². The van der Waals surface area contributed by atoms with Gasteiger partial charge in [0.2, 0.25) is 5.56 Å². The SMILES string of the molecule is CCc1cc(C(=O)O)c(NC(=O)c2cc[nH]c(=O)c2)s1. The van der Waals surface area contributed by atoms with Gasteiger partial charge in [-0.05, 0) is 18.6 Å². The zero-order valence-electron chi connectivity index (χ0n) is 10.6. The summed E-state index contributed by atoms with van der Waals surface area (Å²) in [5.74, 6) is -1.61. The van der Waals surface area contributed by atoms with Crippen molar-refractivity contribution in [3.05, 3.63) is 50.8 Å². The van der Waals surface area contributed by atoms with Crippen LogP contribution in [0.2, 0.25) is 0 Å². The monoisotopic (exact) mass is 292 g/mol. The van der Waals surface area contributed by atoms with Crippen LogP contribution in [0.3, 0.4) is 0 Å². The van der Waals surface area contributed by atoms with Crippen molar-refractivity contribution in [1.82, 2.24) is 4.98 Å². The first-order valence-corrected chi connectivity index (χ1v) is 6.69. The molecule has 0 saturated heterocycles. The van der Waals surface area contributed by atoms with E-state index in [4.69, 9.17) is 5.11 Å². The average molecular weight is 292 g/mol. The molecule has 2 aromatic heterocycles. The van der Waals surface area contributed by atoms with Crippen LogP contribution < -0.4 is 10.9 Å². The van der Waals surface area contributed by atoms with Crippen molar-refractivity contribution in [2.24, 2.45) is 0 Å². The largest absolute Gasteiger partial charge is 0.478 e. The molecule has 2 heterocycles. The van der Waals surface area contributed by atoms with Gasteiger partial charge < -0.3 is 15.4 Å². The Morgan fingerprint density at radius 3 is 2.75 bits per heavy atom. The van der Waals surface area contributed by atoms with Gasteiger partial charge in [-0.3, -0.25) is 9.59 Å². The van der Waals surface area contributed by atoms with Crippen molar-refractivity contribution in [2.45, 2.75) is 13.3 Å². The maximum atomic E-state index is 12.0. The highest BCUT2D eigenvalue weighted by atomic mass is 32.1. The number of H-pyrrole nitrogens is 1. The minimum atomic E-state index is -1.10. The molecule has 1 amide bonds. The van der Waals surface area contributed by atoms with Gasteiger partial charge >= 0.3 is 5.97 Å².